The van der Waals surface area contributed by atoms with Gasteiger partial charge in [0.1, 0.15) is 5.82 Å². The topological polar surface area (TPSA) is 75.2 Å². The molecule has 0 amide bonds. The lowest BCUT2D eigenvalue weighted by atomic mass is 10.3. The summed E-state index contributed by atoms with van der Waals surface area (Å²) >= 11 is 5.87. The third-order valence-electron chi connectivity index (χ3n) is 4.12. The van der Waals surface area contributed by atoms with E-state index < -0.39 is 5.82 Å². The molecule has 10 heteroatoms. The molecule has 1 aliphatic rings. The summed E-state index contributed by atoms with van der Waals surface area (Å²) in [5.74, 6) is 0.784. The van der Waals surface area contributed by atoms with E-state index >= 15 is 0 Å². The van der Waals surface area contributed by atoms with Crippen LogP contribution in [-0.4, -0.2) is 41.3 Å². The molecule has 7 nitrogen and oxygen atoms in total. The number of rotatable bonds is 5. The van der Waals surface area contributed by atoms with Gasteiger partial charge in [0.25, 0.3) is 0 Å². The number of halogens is 3. The van der Waals surface area contributed by atoms with Crippen molar-refractivity contribution in [2.75, 3.05) is 41.8 Å². The van der Waals surface area contributed by atoms with E-state index in [0.717, 1.165) is 5.69 Å². The molecule has 2 N–H and O–H groups in total. The van der Waals surface area contributed by atoms with Gasteiger partial charge in [0.2, 0.25) is 17.8 Å². The predicted molar refractivity (Wildman–Crippen MR) is 115 cm³/mol. The van der Waals surface area contributed by atoms with Gasteiger partial charge in [-0.3, -0.25) is 0 Å². The molecule has 1 fully saturated rings. The predicted octanol–water partition coefficient (Wildman–Crippen LogP) is 4.41. The first-order valence-electron chi connectivity index (χ1n) is 8.80. The summed E-state index contributed by atoms with van der Waals surface area (Å²) in [6.45, 7) is 2.61. The third-order valence-corrected chi connectivity index (χ3v) is 4.41. The first-order chi connectivity index (χ1) is 13.7. The molecule has 0 atom stereocenters. The van der Waals surface area contributed by atoms with Gasteiger partial charge < -0.3 is 20.3 Å². The molecule has 0 bridgehead atoms. The van der Waals surface area contributed by atoms with Gasteiger partial charge in [-0.2, -0.15) is 15.0 Å². The Labute approximate surface area is 178 Å². The zero-order chi connectivity index (χ0) is 19.3. The van der Waals surface area contributed by atoms with E-state index in [1.54, 1.807) is 6.07 Å². The zero-order valence-electron chi connectivity index (χ0n) is 15.3. The van der Waals surface area contributed by atoms with Crippen LogP contribution in [0.25, 0.3) is 0 Å². The largest absolute Gasteiger partial charge is 0.378 e. The number of hydrogen-bond acceptors (Lipinski definition) is 7. The number of nitrogens with one attached hydrogen (secondary N) is 2. The number of anilines is 5. The Kier molecular flexibility index (Phi) is 7.03. The Morgan fingerprint density at radius 3 is 2.21 bits per heavy atom. The van der Waals surface area contributed by atoms with Crippen molar-refractivity contribution in [3.8, 4) is 0 Å². The Balaban J connectivity index is 0.00000240. The van der Waals surface area contributed by atoms with Crippen LogP contribution in [0, 0.1) is 5.82 Å². The molecular weight excluding hydrogens is 418 g/mol. The first kappa shape index (κ1) is 21.0. The van der Waals surface area contributed by atoms with Gasteiger partial charge >= 0.3 is 0 Å². The van der Waals surface area contributed by atoms with Crippen LogP contribution in [0.3, 0.4) is 0 Å². The smallest absolute Gasteiger partial charge is 0.233 e. The average Bonchev–Trinajstić information content (AvgIpc) is 2.72. The van der Waals surface area contributed by atoms with E-state index in [1.807, 2.05) is 35.2 Å². The Morgan fingerprint density at radius 2 is 1.55 bits per heavy atom. The van der Waals surface area contributed by atoms with Gasteiger partial charge in [-0.25, -0.2) is 4.39 Å². The summed E-state index contributed by atoms with van der Waals surface area (Å²) in [6.07, 6.45) is 0. The van der Waals surface area contributed by atoms with E-state index in [9.17, 15) is 4.39 Å². The summed E-state index contributed by atoms with van der Waals surface area (Å²) < 4.78 is 18.8. The lowest BCUT2D eigenvalue weighted by Crippen LogP contribution is -2.37. The van der Waals surface area contributed by atoms with Crippen molar-refractivity contribution < 1.29 is 9.13 Å². The van der Waals surface area contributed by atoms with E-state index in [-0.39, 0.29) is 17.4 Å². The molecule has 152 valence electrons. The fourth-order valence-corrected chi connectivity index (χ4v) is 2.92. The van der Waals surface area contributed by atoms with Crippen LogP contribution < -0.4 is 15.5 Å². The summed E-state index contributed by atoms with van der Waals surface area (Å²) in [4.78, 5) is 15.5. The van der Waals surface area contributed by atoms with Crippen LogP contribution in [0.5, 0.6) is 0 Å². The zero-order valence-corrected chi connectivity index (χ0v) is 16.9. The minimum absolute atomic E-state index is 0. The maximum Gasteiger partial charge on any atom is 0.233 e. The van der Waals surface area contributed by atoms with E-state index in [0.29, 0.717) is 49.8 Å². The fourth-order valence-electron chi connectivity index (χ4n) is 2.73. The standard InChI is InChI=1S/C19H18ClFN6O.ClH/c20-15-12-14(6-7-16(15)21)23-18-24-17(22-13-4-2-1-3-5-13)25-19(26-18)27-8-10-28-11-9-27;/h1-7,12H,8-11H2,(H2,22,23,24,25,26);1H. The van der Waals surface area contributed by atoms with Gasteiger partial charge in [-0.1, -0.05) is 29.8 Å². The summed E-state index contributed by atoms with van der Waals surface area (Å²) in [7, 11) is 0. The van der Waals surface area contributed by atoms with Crippen LogP contribution in [-0.2, 0) is 4.74 Å². The molecule has 0 aliphatic carbocycles. The van der Waals surface area contributed by atoms with Crippen LogP contribution >= 0.6 is 24.0 Å². The second-order valence-electron chi connectivity index (χ2n) is 6.13. The van der Waals surface area contributed by atoms with Gasteiger partial charge in [-0.15, -0.1) is 12.4 Å². The minimum atomic E-state index is -0.483. The molecule has 0 saturated carbocycles. The quantitative estimate of drug-likeness (QED) is 0.613. The Morgan fingerprint density at radius 1 is 0.897 bits per heavy atom. The van der Waals surface area contributed by atoms with Crippen LogP contribution in [0.15, 0.2) is 48.5 Å². The van der Waals surface area contributed by atoms with Crippen molar-refractivity contribution >= 4 is 53.2 Å². The first-order valence-corrected chi connectivity index (χ1v) is 9.18. The van der Waals surface area contributed by atoms with E-state index in [1.165, 1.54) is 12.1 Å². The summed E-state index contributed by atoms with van der Waals surface area (Å²) in [6, 6.07) is 14.0. The average molecular weight is 437 g/mol. The molecule has 4 rings (SSSR count). The second kappa shape index (κ2) is 9.69. The van der Waals surface area contributed by atoms with Crippen molar-refractivity contribution in [2.45, 2.75) is 0 Å². The maximum absolute atomic E-state index is 13.4. The van der Waals surface area contributed by atoms with Crippen molar-refractivity contribution in [1.29, 1.82) is 0 Å². The van der Waals surface area contributed by atoms with Gasteiger partial charge in [0.15, 0.2) is 0 Å². The molecule has 1 saturated heterocycles. The fraction of sp³-hybridized carbons (Fsp3) is 0.211. The lowest BCUT2D eigenvalue weighted by Gasteiger charge is -2.27. The molecule has 1 aromatic heterocycles. The number of hydrogen-bond donors (Lipinski definition) is 2. The Hall–Kier alpha value is -2.68. The number of nitrogens with zero attached hydrogens (tertiary/aromatic N) is 4. The highest BCUT2D eigenvalue weighted by Crippen LogP contribution is 2.24. The minimum Gasteiger partial charge on any atom is -0.378 e. The molecule has 2 heterocycles. The van der Waals surface area contributed by atoms with Crippen molar-refractivity contribution in [3.05, 3.63) is 59.4 Å². The molecular formula is C19H19Cl2FN6O. The monoisotopic (exact) mass is 436 g/mol. The van der Waals surface area contributed by atoms with Crippen molar-refractivity contribution in [3.63, 3.8) is 0 Å². The molecule has 0 radical (unpaired) electrons. The maximum atomic E-state index is 13.4. The lowest BCUT2D eigenvalue weighted by molar-refractivity contribution is 0.122. The highest BCUT2D eigenvalue weighted by Gasteiger charge is 2.17. The van der Waals surface area contributed by atoms with E-state index in [4.69, 9.17) is 16.3 Å². The highest BCUT2D eigenvalue weighted by atomic mass is 35.5. The summed E-state index contributed by atoms with van der Waals surface area (Å²) in [5, 5.41) is 6.27. The number of ether oxygens (including phenoxy) is 1. The molecule has 3 aromatic rings. The van der Waals surface area contributed by atoms with Gasteiger partial charge in [-0.05, 0) is 30.3 Å². The SMILES string of the molecule is Cl.Fc1ccc(Nc2nc(Nc3ccccc3)nc(N3CCOCC3)n2)cc1Cl. The molecule has 0 unspecified atom stereocenters. The number of benzene rings is 2. The van der Waals surface area contributed by atoms with Crippen LogP contribution in [0.4, 0.5) is 33.6 Å². The highest BCUT2D eigenvalue weighted by molar-refractivity contribution is 6.31. The summed E-state index contributed by atoms with van der Waals surface area (Å²) in [5.41, 5.74) is 1.44. The number of morpholine rings is 1. The van der Waals surface area contributed by atoms with Crippen molar-refractivity contribution in [1.82, 2.24) is 15.0 Å². The molecule has 1 aliphatic heterocycles. The van der Waals surface area contributed by atoms with Gasteiger partial charge in [0.05, 0.1) is 18.2 Å². The third kappa shape index (κ3) is 5.44. The molecule has 2 aromatic carbocycles. The van der Waals surface area contributed by atoms with Crippen LogP contribution in [0.1, 0.15) is 0 Å². The number of para-hydroxylation sites is 1. The number of aromatic nitrogens is 3. The van der Waals surface area contributed by atoms with E-state index in [2.05, 4.69) is 25.6 Å². The Bertz CT molecular complexity index is 957. The normalized spacial score (nSPS) is 13.5. The molecule has 0 spiro atoms. The van der Waals surface area contributed by atoms with Crippen LogP contribution in [0.2, 0.25) is 5.02 Å². The molecule has 29 heavy (non-hydrogen) atoms. The second-order valence-corrected chi connectivity index (χ2v) is 6.53. The van der Waals surface area contributed by atoms with Crippen molar-refractivity contribution in [2.24, 2.45) is 0 Å². The van der Waals surface area contributed by atoms with Gasteiger partial charge in [0, 0.05) is 24.5 Å².